The van der Waals surface area contributed by atoms with Crippen LogP contribution in [-0.4, -0.2) is 16.2 Å². The van der Waals surface area contributed by atoms with Crippen LogP contribution in [0.25, 0.3) is 0 Å². The van der Waals surface area contributed by atoms with Gasteiger partial charge in [0, 0.05) is 23.7 Å². The topological polar surface area (TPSA) is 33.1 Å². The minimum absolute atomic E-state index is 0.0146. The quantitative estimate of drug-likeness (QED) is 0.808. The van der Waals surface area contributed by atoms with Crippen molar-refractivity contribution in [3.05, 3.63) is 30.1 Å². The number of aliphatic hydroxyl groups excluding tert-OH is 1. The highest BCUT2D eigenvalue weighted by Crippen LogP contribution is 2.10. The van der Waals surface area contributed by atoms with Gasteiger partial charge in [-0.1, -0.05) is 12.0 Å². The predicted octanol–water partition coefficient (Wildman–Crippen LogP) is 2.81. The number of aliphatic hydroxyl groups is 1. The van der Waals surface area contributed by atoms with E-state index in [9.17, 15) is 5.11 Å². The Morgan fingerprint density at radius 1 is 1.35 bits per heavy atom. The molecule has 1 heterocycles. The van der Waals surface area contributed by atoms with Gasteiger partial charge in [-0.2, -0.15) is 0 Å². The predicted molar refractivity (Wildman–Crippen MR) is 70.4 cm³/mol. The fourth-order valence-corrected chi connectivity index (χ4v) is 1.40. The lowest BCUT2D eigenvalue weighted by Gasteiger charge is -2.09. The van der Waals surface area contributed by atoms with Crippen LogP contribution in [0.5, 0.6) is 0 Å². The average Bonchev–Trinajstić information content (AvgIpc) is 2.26. The average molecular weight is 231 g/mol. The zero-order valence-corrected chi connectivity index (χ0v) is 10.9. The first kappa shape index (κ1) is 13.7. The van der Waals surface area contributed by atoms with Gasteiger partial charge in [-0.3, -0.25) is 4.98 Å². The molecule has 1 unspecified atom stereocenters. The van der Waals surface area contributed by atoms with Crippen LogP contribution in [-0.2, 0) is 6.42 Å². The SMILES string of the molecule is CC(C)(C)C#CCC(O)CCc1ccccn1. The number of aromatic nitrogens is 1. The van der Waals surface area contributed by atoms with E-state index in [0.29, 0.717) is 6.42 Å². The summed E-state index contributed by atoms with van der Waals surface area (Å²) in [7, 11) is 0. The largest absolute Gasteiger partial charge is 0.392 e. The highest BCUT2D eigenvalue weighted by atomic mass is 16.3. The molecule has 2 heteroatoms. The summed E-state index contributed by atoms with van der Waals surface area (Å²) in [4.78, 5) is 4.22. The lowest BCUT2D eigenvalue weighted by molar-refractivity contribution is 0.170. The molecule has 1 aromatic heterocycles. The van der Waals surface area contributed by atoms with Crippen molar-refractivity contribution in [3.8, 4) is 11.8 Å². The Bertz CT molecular complexity index is 381. The van der Waals surface area contributed by atoms with E-state index in [1.54, 1.807) is 6.20 Å². The van der Waals surface area contributed by atoms with E-state index in [4.69, 9.17) is 0 Å². The first-order chi connectivity index (χ1) is 7.97. The zero-order chi connectivity index (χ0) is 12.7. The maximum atomic E-state index is 9.78. The van der Waals surface area contributed by atoms with Crippen LogP contribution in [0.15, 0.2) is 24.4 Å². The van der Waals surface area contributed by atoms with E-state index in [0.717, 1.165) is 18.5 Å². The highest BCUT2D eigenvalue weighted by Gasteiger charge is 2.05. The Labute approximate surface area is 104 Å². The maximum absolute atomic E-state index is 9.78. The van der Waals surface area contributed by atoms with E-state index in [2.05, 4.69) is 37.6 Å². The van der Waals surface area contributed by atoms with Gasteiger partial charge in [-0.25, -0.2) is 0 Å². The minimum atomic E-state index is -0.355. The molecule has 17 heavy (non-hydrogen) atoms. The second-order valence-corrected chi connectivity index (χ2v) is 5.27. The molecule has 92 valence electrons. The number of aryl methyl sites for hydroxylation is 1. The summed E-state index contributed by atoms with van der Waals surface area (Å²) in [6.07, 6.45) is 3.49. The third kappa shape index (κ3) is 6.76. The van der Waals surface area contributed by atoms with Gasteiger partial charge in [0.15, 0.2) is 0 Å². The van der Waals surface area contributed by atoms with Crippen LogP contribution in [0.3, 0.4) is 0 Å². The molecule has 0 saturated carbocycles. The summed E-state index contributed by atoms with van der Waals surface area (Å²) in [6.45, 7) is 6.21. The van der Waals surface area contributed by atoms with Crippen LogP contribution in [0.1, 0.15) is 39.3 Å². The van der Waals surface area contributed by atoms with Crippen LogP contribution >= 0.6 is 0 Å². The maximum Gasteiger partial charge on any atom is 0.0653 e. The van der Waals surface area contributed by atoms with Crippen LogP contribution in [0.4, 0.5) is 0 Å². The Morgan fingerprint density at radius 3 is 2.71 bits per heavy atom. The Balaban J connectivity index is 2.30. The van der Waals surface area contributed by atoms with E-state index >= 15 is 0 Å². The van der Waals surface area contributed by atoms with Crippen LogP contribution < -0.4 is 0 Å². The Morgan fingerprint density at radius 2 is 2.12 bits per heavy atom. The second-order valence-electron chi connectivity index (χ2n) is 5.27. The number of hydrogen-bond donors (Lipinski definition) is 1. The number of rotatable bonds is 4. The molecular weight excluding hydrogens is 210 g/mol. The van der Waals surface area contributed by atoms with Crippen molar-refractivity contribution in [1.29, 1.82) is 0 Å². The fourth-order valence-electron chi connectivity index (χ4n) is 1.40. The van der Waals surface area contributed by atoms with Gasteiger partial charge >= 0.3 is 0 Å². The molecule has 0 saturated heterocycles. The molecule has 0 aliphatic rings. The highest BCUT2D eigenvalue weighted by molar-refractivity contribution is 5.08. The Kier molecular flexibility index (Phi) is 5.18. The van der Waals surface area contributed by atoms with E-state index < -0.39 is 0 Å². The molecule has 0 spiro atoms. The monoisotopic (exact) mass is 231 g/mol. The Hall–Kier alpha value is -1.33. The van der Waals surface area contributed by atoms with Gasteiger partial charge < -0.3 is 5.11 Å². The van der Waals surface area contributed by atoms with E-state index in [1.165, 1.54) is 0 Å². The van der Waals surface area contributed by atoms with Crippen LogP contribution in [0, 0.1) is 17.3 Å². The van der Waals surface area contributed by atoms with E-state index in [1.807, 2.05) is 18.2 Å². The summed E-state index contributed by atoms with van der Waals surface area (Å²) in [5.41, 5.74) is 1.04. The number of pyridine rings is 1. The fraction of sp³-hybridized carbons (Fsp3) is 0.533. The molecule has 2 nitrogen and oxygen atoms in total. The van der Waals surface area contributed by atoms with Crippen LogP contribution in [0.2, 0.25) is 0 Å². The lowest BCUT2D eigenvalue weighted by atomic mass is 9.97. The molecule has 0 amide bonds. The molecule has 0 bridgehead atoms. The summed E-state index contributed by atoms with van der Waals surface area (Å²) in [5, 5.41) is 9.78. The molecule has 1 atom stereocenters. The molecule has 0 radical (unpaired) electrons. The summed E-state index contributed by atoms with van der Waals surface area (Å²) in [5.74, 6) is 6.17. The normalized spacial score (nSPS) is 12.7. The second kappa shape index (κ2) is 6.42. The van der Waals surface area contributed by atoms with E-state index in [-0.39, 0.29) is 11.5 Å². The molecule has 0 fully saturated rings. The van der Waals surface area contributed by atoms with Gasteiger partial charge in [0.05, 0.1) is 6.10 Å². The van der Waals surface area contributed by atoms with Crippen molar-refractivity contribution in [3.63, 3.8) is 0 Å². The summed E-state index contributed by atoms with van der Waals surface area (Å²) < 4.78 is 0. The molecule has 0 aromatic carbocycles. The van der Waals surface area contributed by atoms with Crippen molar-refractivity contribution in [2.45, 2.75) is 46.1 Å². The number of hydrogen-bond acceptors (Lipinski definition) is 2. The van der Waals surface area contributed by atoms with Crippen molar-refractivity contribution in [1.82, 2.24) is 4.98 Å². The lowest BCUT2D eigenvalue weighted by Crippen LogP contribution is -2.08. The van der Waals surface area contributed by atoms with Crippen molar-refractivity contribution in [2.75, 3.05) is 0 Å². The molecular formula is C15H21NO. The van der Waals surface area contributed by atoms with Crippen molar-refractivity contribution in [2.24, 2.45) is 5.41 Å². The van der Waals surface area contributed by atoms with Gasteiger partial charge in [-0.05, 0) is 45.7 Å². The minimum Gasteiger partial charge on any atom is -0.392 e. The van der Waals surface area contributed by atoms with Gasteiger partial charge in [0.25, 0.3) is 0 Å². The van der Waals surface area contributed by atoms with Crippen molar-refractivity contribution >= 4 is 0 Å². The van der Waals surface area contributed by atoms with Gasteiger partial charge in [0.2, 0.25) is 0 Å². The van der Waals surface area contributed by atoms with Crippen molar-refractivity contribution < 1.29 is 5.11 Å². The van der Waals surface area contributed by atoms with Gasteiger partial charge in [-0.15, -0.1) is 5.92 Å². The summed E-state index contributed by atoms with van der Waals surface area (Å²) >= 11 is 0. The molecule has 1 rings (SSSR count). The molecule has 0 aliphatic heterocycles. The van der Waals surface area contributed by atoms with Gasteiger partial charge in [0.1, 0.15) is 0 Å². The first-order valence-corrected chi connectivity index (χ1v) is 6.05. The summed E-state index contributed by atoms with van der Waals surface area (Å²) in [6, 6.07) is 5.84. The smallest absolute Gasteiger partial charge is 0.0653 e. The molecule has 1 N–H and O–H groups in total. The standard InChI is InChI=1S/C15H21NO/c1-15(2,3)11-6-8-14(17)10-9-13-7-4-5-12-16-13/h4-5,7,12,14,17H,8-10H2,1-3H3. The third-order valence-corrected chi connectivity index (χ3v) is 2.26. The number of nitrogens with zero attached hydrogens (tertiary/aromatic N) is 1. The molecule has 1 aromatic rings. The first-order valence-electron chi connectivity index (χ1n) is 6.05. The molecule has 0 aliphatic carbocycles. The zero-order valence-electron chi connectivity index (χ0n) is 10.9. The third-order valence-electron chi connectivity index (χ3n) is 2.26.